The molecule has 3 aromatic heterocycles. The van der Waals surface area contributed by atoms with E-state index in [9.17, 15) is 13.2 Å². The van der Waals surface area contributed by atoms with Crippen LogP contribution in [0.2, 0.25) is 0 Å². The van der Waals surface area contributed by atoms with Gasteiger partial charge in [0.05, 0.1) is 40.4 Å². The third kappa shape index (κ3) is 4.62. The Morgan fingerprint density at radius 3 is 2.46 bits per heavy atom. The molecule has 0 aliphatic rings. The van der Waals surface area contributed by atoms with Crippen LogP contribution >= 0.6 is 0 Å². The summed E-state index contributed by atoms with van der Waals surface area (Å²) in [6.45, 7) is 1.98. The van der Waals surface area contributed by atoms with Gasteiger partial charge in [0, 0.05) is 42.9 Å². The van der Waals surface area contributed by atoms with E-state index in [1.165, 1.54) is 11.4 Å². The van der Waals surface area contributed by atoms with E-state index in [2.05, 4.69) is 15.3 Å². The minimum atomic E-state index is -3.62. The molecule has 0 saturated heterocycles. The highest BCUT2D eigenvalue weighted by Crippen LogP contribution is 2.41. The van der Waals surface area contributed by atoms with Gasteiger partial charge in [-0.1, -0.05) is 35.9 Å². The summed E-state index contributed by atoms with van der Waals surface area (Å²) in [5, 5.41) is 3.29. The molecular weight excluding hydrogens is 538 g/mol. The Kier molecular flexibility index (Phi) is 6.34. The van der Waals surface area contributed by atoms with Crippen LogP contribution in [0.25, 0.3) is 50.1 Å². The number of imidazole rings is 1. The highest BCUT2D eigenvalue weighted by Gasteiger charge is 2.26. The van der Waals surface area contributed by atoms with Gasteiger partial charge < -0.3 is 9.73 Å². The number of carbonyl (C=O) groups is 1. The van der Waals surface area contributed by atoms with E-state index in [-0.39, 0.29) is 5.91 Å². The van der Waals surface area contributed by atoms with Gasteiger partial charge in [-0.15, -0.1) is 0 Å². The van der Waals surface area contributed by atoms with Crippen LogP contribution in [0, 0.1) is 6.92 Å². The number of aromatic nitrogens is 3. The summed E-state index contributed by atoms with van der Waals surface area (Å²) in [4.78, 5) is 22.0. The fraction of sp³-hybridized carbons (Fsp3) is 0.129. The first-order chi connectivity index (χ1) is 19.7. The van der Waals surface area contributed by atoms with Crippen molar-refractivity contribution in [1.82, 2.24) is 19.9 Å². The van der Waals surface area contributed by atoms with Gasteiger partial charge in [-0.25, -0.2) is 13.4 Å². The molecule has 0 spiro atoms. The van der Waals surface area contributed by atoms with Crippen molar-refractivity contribution in [2.75, 3.05) is 24.7 Å². The number of pyridine rings is 1. The number of carbonyl (C=O) groups excluding carboxylic acids is 1. The number of rotatable bonds is 6. The molecule has 0 radical (unpaired) electrons. The van der Waals surface area contributed by atoms with E-state index in [4.69, 9.17) is 4.42 Å². The summed E-state index contributed by atoms with van der Waals surface area (Å²) in [6, 6.07) is 20.7. The minimum absolute atomic E-state index is 0.305. The molecule has 0 unspecified atom stereocenters. The molecule has 3 heterocycles. The number of sulfonamides is 1. The Bertz CT molecular complexity index is 2050. The van der Waals surface area contributed by atoms with Crippen LogP contribution in [0.3, 0.4) is 0 Å². The predicted octanol–water partition coefficient (Wildman–Crippen LogP) is 5.56. The summed E-state index contributed by atoms with van der Waals surface area (Å²) in [5.74, 6) is 0.107. The van der Waals surface area contributed by atoms with Crippen LogP contribution in [0.15, 0.2) is 89.9 Å². The molecule has 0 atom stereocenters. The first kappa shape index (κ1) is 26.3. The Balaban J connectivity index is 1.61. The molecule has 9 nitrogen and oxygen atoms in total. The summed E-state index contributed by atoms with van der Waals surface area (Å²) < 4.78 is 34.8. The molecule has 6 rings (SSSR count). The number of fused-ring (bicyclic) bond motifs is 2. The summed E-state index contributed by atoms with van der Waals surface area (Å²) in [5.41, 5.74) is 6.83. The maximum absolute atomic E-state index is 13.2. The van der Waals surface area contributed by atoms with Crippen LogP contribution in [0.1, 0.15) is 15.9 Å². The van der Waals surface area contributed by atoms with Gasteiger partial charge in [0.25, 0.3) is 5.91 Å². The fourth-order valence-electron chi connectivity index (χ4n) is 4.94. The van der Waals surface area contributed by atoms with Gasteiger partial charge in [-0.2, -0.15) is 0 Å². The average molecular weight is 566 g/mol. The molecule has 0 aliphatic carbocycles. The molecule has 1 amide bonds. The molecule has 0 aliphatic heterocycles. The van der Waals surface area contributed by atoms with E-state index >= 15 is 0 Å². The van der Waals surface area contributed by atoms with Crippen molar-refractivity contribution in [3.05, 3.63) is 96.6 Å². The van der Waals surface area contributed by atoms with Crippen LogP contribution in [-0.4, -0.2) is 49.2 Å². The second-order valence-electron chi connectivity index (χ2n) is 9.88. The number of aryl methyl sites for hydroxylation is 1. The number of hydrogen-bond acceptors (Lipinski definition) is 6. The smallest absolute Gasteiger partial charge is 0.255 e. The number of amides is 1. The molecule has 0 saturated carbocycles. The molecule has 6 aromatic rings. The monoisotopic (exact) mass is 565 g/mol. The first-order valence-corrected chi connectivity index (χ1v) is 14.7. The molecule has 3 aromatic carbocycles. The third-order valence-corrected chi connectivity index (χ3v) is 8.38. The number of benzene rings is 3. The predicted molar refractivity (Wildman–Crippen MR) is 161 cm³/mol. The van der Waals surface area contributed by atoms with Crippen LogP contribution in [0.4, 0.5) is 5.69 Å². The van der Waals surface area contributed by atoms with E-state index in [0.717, 1.165) is 39.7 Å². The van der Waals surface area contributed by atoms with Crippen molar-refractivity contribution >= 4 is 43.6 Å². The number of furan rings is 1. The maximum atomic E-state index is 13.2. The lowest BCUT2D eigenvalue weighted by molar-refractivity contribution is 0.0964. The number of nitrogens with one attached hydrogen (secondary N) is 1. The van der Waals surface area contributed by atoms with E-state index < -0.39 is 10.0 Å². The minimum Gasteiger partial charge on any atom is -0.455 e. The lowest BCUT2D eigenvalue weighted by atomic mass is 9.98. The quantitative estimate of drug-likeness (QED) is 0.283. The largest absolute Gasteiger partial charge is 0.455 e. The lowest BCUT2D eigenvalue weighted by Crippen LogP contribution is -2.25. The van der Waals surface area contributed by atoms with Gasteiger partial charge in [0.15, 0.2) is 0 Å². The first-order valence-electron chi connectivity index (χ1n) is 12.9. The Morgan fingerprint density at radius 1 is 1.02 bits per heavy atom. The zero-order valence-corrected chi connectivity index (χ0v) is 23.7. The van der Waals surface area contributed by atoms with Crippen LogP contribution in [0.5, 0.6) is 0 Å². The molecule has 206 valence electrons. The molecular formula is C31H27N5O4S. The average Bonchev–Trinajstić information content (AvgIpc) is 3.57. The second-order valence-corrected chi connectivity index (χ2v) is 11.9. The van der Waals surface area contributed by atoms with Crippen molar-refractivity contribution in [2.24, 2.45) is 0 Å². The third-order valence-electron chi connectivity index (χ3n) is 7.19. The normalized spacial score (nSPS) is 11.7. The van der Waals surface area contributed by atoms with Crippen LogP contribution < -0.4 is 9.62 Å². The van der Waals surface area contributed by atoms with Gasteiger partial charge in [0.1, 0.15) is 17.7 Å². The number of hydrogen-bond donors (Lipinski definition) is 1. The summed E-state index contributed by atoms with van der Waals surface area (Å²) in [7, 11) is -0.557. The molecule has 0 fully saturated rings. The number of anilines is 1. The van der Waals surface area contributed by atoms with E-state index in [1.54, 1.807) is 31.8 Å². The Hall–Kier alpha value is -4.96. The zero-order valence-electron chi connectivity index (χ0n) is 22.9. The summed E-state index contributed by atoms with van der Waals surface area (Å²) >= 11 is 0. The highest BCUT2D eigenvalue weighted by atomic mass is 32.2. The maximum Gasteiger partial charge on any atom is 0.255 e. The summed E-state index contributed by atoms with van der Waals surface area (Å²) in [6.07, 6.45) is 6.35. The Labute approximate surface area is 237 Å². The van der Waals surface area contributed by atoms with Crippen molar-refractivity contribution in [3.8, 4) is 28.1 Å². The highest BCUT2D eigenvalue weighted by molar-refractivity contribution is 7.92. The van der Waals surface area contributed by atoms with Gasteiger partial charge in [-0.3, -0.25) is 18.7 Å². The van der Waals surface area contributed by atoms with Crippen molar-refractivity contribution in [2.45, 2.75) is 6.92 Å². The van der Waals surface area contributed by atoms with E-state index in [1.807, 2.05) is 72.2 Å². The Morgan fingerprint density at radius 2 is 1.78 bits per heavy atom. The zero-order chi connectivity index (χ0) is 28.9. The van der Waals surface area contributed by atoms with Crippen molar-refractivity contribution < 1.29 is 17.6 Å². The molecule has 41 heavy (non-hydrogen) atoms. The fourth-order valence-corrected chi connectivity index (χ4v) is 5.45. The molecule has 0 bridgehead atoms. The van der Waals surface area contributed by atoms with Crippen molar-refractivity contribution in [1.29, 1.82) is 0 Å². The lowest BCUT2D eigenvalue weighted by Gasteiger charge is -2.20. The second kappa shape index (κ2) is 9.90. The topological polar surface area (TPSA) is 110 Å². The SMILES string of the molecule is CNC(=O)c1c(-c2ccc(C)cc2)oc2cc(N(C)S(C)(=O)=O)c(-c3ccc4c(c3)ncn4-c3cccnc3)cc12. The van der Waals surface area contributed by atoms with Gasteiger partial charge >= 0.3 is 0 Å². The standard InChI is InChI=1S/C31H27N5O4S/c1-19-7-9-20(10-8-19)30-29(31(37)32-2)24-15-23(27(16-28(24)40-30)35(3)41(4,38)39)21-11-12-26-25(14-21)34-18-36(26)22-6-5-13-33-17-22/h5-18H,1-4H3,(H,32,37). The van der Waals surface area contributed by atoms with Gasteiger partial charge in [-0.05, 0) is 42.8 Å². The molecule has 10 heteroatoms. The van der Waals surface area contributed by atoms with Crippen LogP contribution in [-0.2, 0) is 10.0 Å². The van der Waals surface area contributed by atoms with Gasteiger partial charge in [0.2, 0.25) is 10.0 Å². The number of nitrogens with zero attached hydrogens (tertiary/aromatic N) is 4. The molecule has 1 N–H and O–H groups in total. The van der Waals surface area contributed by atoms with Crippen molar-refractivity contribution in [3.63, 3.8) is 0 Å². The van der Waals surface area contributed by atoms with E-state index in [0.29, 0.717) is 33.5 Å².